The van der Waals surface area contributed by atoms with Gasteiger partial charge in [-0.05, 0) is 12.5 Å². The molecule has 1 aromatic carbocycles. The molecule has 2 rings (SSSR count). The van der Waals surface area contributed by atoms with E-state index in [1.807, 2.05) is 0 Å². The Morgan fingerprint density at radius 1 is 1.44 bits per heavy atom. The number of aliphatic hydroxyl groups excluding tert-OH is 1. The topological polar surface area (TPSA) is 85.0 Å². The predicted octanol–water partition coefficient (Wildman–Crippen LogP) is 0.452. The average Bonchev–Trinajstić information content (AvgIpc) is 2.81. The monoisotopic (exact) mass is 252 g/mol. The Hall–Kier alpha value is -1.95. The molecule has 1 heterocycles. The fraction of sp³-hybridized carbons (Fsp3) is 0.417. The van der Waals surface area contributed by atoms with Gasteiger partial charge in [-0.1, -0.05) is 0 Å². The minimum absolute atomic E-state index is 0.0498. The lowest BCUT2D eigenvalue weighted by molar-refractivity contribution is 0.0787. The predicted molar refractivity (Wildman–Crippen MR) is 65.6 cm³/mol. The van der Waals surface area contributed by atoms with E-state index in [4.69, 9.17) is 20.3 Å². The van der Waals surface area contributed by atoms with Crippen molar-refractivity contribution in [1.29, 1.82) is 0 Å². The van der Waals surface area contributed by atoms with Gasteiger partial charge < -0.3 is 25.2 Å². The molecule has 6 heteroatoms. The number of carbonyl (C=O) groups excluding carboxylic acids is 1. The van der Waals surface area contributed by atoms with Gasteiger partial charge in [0.25, 0.3) is 5.91 Å². The molecule has 0 atom stereocenters. The normalized spacial score (nSPS) is 12.6. The van der Waals surface area contributed by atoms with Crippen molar-refractivity contribution in [2.24, 2.45) is 0 Å². The Morgan fingerprint density at radius 3 is 2.78 bits per heavy atom. The highest BCUT2D eigenvalue weighted by Gasteiger charge is 2.21. The maximum Gasteiger partial charge on any atom is 0.255 e. The SMILES string of the molecule is CN(CCCO)C(=O)c1cc2c(cc1N)OCO2. The lowest BCUT2D eigenvalue weighted by Crippen LogP contribution is -2.28. The number of anilines is 1. The largest absolute Gasteiger partial charge is 0.454 e. The third-order valence-corrected chi connectivity index (χ3v) is 2.77. The van der Waals surface area contributed by atoms with Crippen LogP contribution in [0.15, 0.2) is 12.1 Å². The highest BCUT2D eigenvalue weighted by molar-refractivity contribution is 6.00. The van der Waals surface area contributed by atoms with Crippen LogP contribution in [-0.2, 0) is 0 Å². The number of nitrogen functional groups attached to an aromatic ring is 1. The summed E-state index contributed by atoms with van der Waals surface area (Å²) in [6.45, 7) is 0.671. The van der Waals surface area contributed by atoms with Crippen molar-refractivity contribution in [3.8, 4) is 11.5 Å². The van der Waals surface area contributed by atoms with Crippen LogP contribution in [0.2, 0.25) is 0 Å². The van der Waals surface area contributed by atoms with Crippen LogP contribution in [0.5, 0.6) is 11.5 Å². The van der Waals surface area contributed by atoms with Crippen LogP contribution >= 0.6 is 0 Å². The number of nitrogens with two attached hydrogens (primary N) is 1. The van der Waals surface area contributed by atoms with Gasteiger partial charge in [-0.15, -0.1) is 0 Å². The van der Waals surface area contributed by atoms with Crippen LogP contribution in [0.25, 0.3) is 0 Å². The first-order valence-electron chi connectivity index (χ1n) is 5.69. The van der Waals surface area contributed by atoms with Gasteiger partial charge in [0.05, 0.1) is 5.56 Å². The zero-order valence-corrected chi connectivity index (χ0v) is 10.2. The second-order valence-corrected chi connectivity index (χ2v) is 4.10. The molecule has 6 nitrogen and oxygen atoms in total. The summed E-state index contributed by atoms with van der Waals surface area (Å²) < 4.78 is 10.4. The number of benzene rings is 1. The number of carbonyl (C=O) groups is 1. The van der Waals surface area contributed by atoms with E-state index in [-0.39, 0.29) is 19.3 Å². The fourth-order valence-electron chi connectivity index (χ4n) is 1.76. The molecule has 1 amide bonds. The summed E-state index contributed by atoms with van der Waals surface area (Å²) in [5.41, 5.74) is 6.58. The maximum absolute atomic E-state index is 12.1. The number of nitrogens with zero attached hydrogens (tertiary/aromatic N) is 1. The van der Waals surface area contributed by atoms with Crippen molar-refractivity contribution in [2.75, 3.05) is 32.7 Å². The molecule has 0 aliphatic carbocycles. The highest BCUT2D eigenvalue weighted by atomic mass is 16.7. The van der Waals surface area contributed by atoms with Crippen molar-refractivity contribution in [2.45, 2.75) is 6.42 Å². The maximum atomic E-state index is 12.1. The number of fused-ring (bicyclic) bond motifs is 1. The van der Waals surface area contributed by atoms with E-state index in [0.717, 1.165) is 0 Å². The van der Waals surface area contributed by atoms with Gasteiger partial charge in [0, 0.05) is 32.0 Å². The van der Waals surface area contributed by atoms with Gasteiger partial charge in [-0.3, -0.25) is 4.79 Å². The minimum Gasteiger partial charge on any atom is -0.454 e. The molecule has 1 aliphatic rings. The van der Waals surface area contributed by atoms with Crippen LogP contribution in [0.1, 0.15) is 16.8 Å². The van der Waals surface area contributed by atoms with Gasteiger partial charge >= 0.3 is 0 Å². The fourth-order valence-corrected chi connectivity index (χ4v) is 1.76. The summed E-state index contributed by atoms with van der Waals surface area (Å²) in [5.74, 6) is 0.893. The summed E-state index contributed by atoms with van der Waals surface area (Å²) in [7, 11) is 1.67. The molecule has 0 aromatic heterocycles. The summed E-state index contributed by atoms with van der Waals surface area (Å²) in [5, 5.41) is 8.75. The Balaban J connectivity index is 2.20. The number of hydrogen-bond donors (Lipinski definition) is 2. The van der Waals surface area contributed by atoms with Crippen molar-refractivity contribution in [3.05, 3.63) is 17.7 Å². The van der Waals surface area contributed by atoms with Crippen LogP contribution in [0, 0.1) is 0 Å². The summed E-state index contributed by atoms with van der Waals surface area (Å²) in [6.07, 6.45) is 0.534. The van der Waals surface area contributed by atoms with E-state index in [1.54, 1.807) is 19.2 Å². The quantitative estimate of drug-likeness (QED) is 0.760. The van der Waals surface area contributed by atoms with E-state index >= 15 is 0 Å². The first kappa shape index (κ1) is 12.5. The van der Waals surface area contributed by atoms with Crippen LogP contribution < -0.4 is 15.2 Å². The van der Waals surface area contributed by atoms with Gasteiger partial charge in [0.15, 0.2) is 11.5 Å². The molecule has 0 saturated heterocycles. The van der Waals surface area contributed by atoms with E-state index < -0.39 is 0 Å². The Labute approximate surface area is 105 Å². The summed E-state index contributed by atoms with van der Waals surface area (Å²) >= 11 is 0. The zero-order chi connectivity index (χ0) is 13.1. The molecule has 0 saturated carbocycles. The molecular weight excluding hydrogens is 236 g/mol. The molecular formula is C12H16N2O4. The third-order valence-electron chi connectivity index (χ3n) is 2.77. The molecule has 18 heavy (non-hydrogen) atoms. The molecule has 1 aromatic rings. The van der Waals surface area contributed by atoms with E-state index in [2.05, 4.69) is 0 Å². The van der Waals surface area contributed by atoms with Crippen molar-refractivity contribution < 1.29 is 19.4 Å². The second-order valence-electron chi connectivity index (χ2n) is 4.10. The number of aliphatic hydroxyl groups is 1. The van der Waals surface area contributed by atoms with Gasteiger partial charge in [-0.2, -0.15) is 0 Å². The van der Waals surface area contributed by atoms with Crippen LogP contribution in [0.4, 0.5) is 5.69 Å². The molecule has 0 radical (unpaired) electrons. The first-order valence-corrected chi connectivity index (χ1v) is 5.69. The Morgan fingerprint density at radius 2 is 2.11 bits per heavy atom. The second kappa shape index (κ2) is 5.14. The van der Waals surface area contributed by atoms with Crippen LogP contribution in [-0.4, -0.2) is 42.9 Å². The molecule has 3 N–H and O–H groups in total. The number of hydrogen-bond acceptors (Lipinski definition) is 5. The number of rotatable bonds is 4. The van der Waals surface area contributed by atoms with Crippen molar-refractivity contribution >= 4 is 11.6 Å². The van der Waals surface area contributed by atoms with Crippen molar-refractivity contribution in [3.63, 3.8) is 0 Å². The molecule has 0 unspecified atom stereocenters. The molecule has 0 spiro atoms. The zero-order valence-electron chi connectivity index (χ0n) is 10.2. The average molecular weight is 252 g/mol. The number of amides is 1. The third kappa shape index (κ3) is 2.33. The number of ether oxygens (including phenoxy) is 2. The molecule has 98 valence electrons. The van der Waals surface area contributed by atoms with E-state index in [0.29, 0.717) is 35.7 Å². The van der Waals surface area contributed by atoms with Crippen LogP contribution in [0.3, 0.4) is 0 Å². The standard InChI is InChI=1S/C12H16N2O4/c1-14(3-2-4-15)12(16)8-5-10-11(6-9(8)13)18-7-17-10/h5-6,15H,2-4,7,13H2,1H3. The Bertz CT molecular complexity index is 462. The molecule has 0 bridgehead atoms. The summed E-state index contributed by atoms with van der Waals surface area (Å²) in [4.78, 5) is 13.7. The van der Waals surface area contributed by atoms with E-state index in [1.165, 1.54) is 4.90 Å². The minimum atomic E-state index is -0.195. The lowest BCUT2D eigenvalue weighted by Gasteiger charge is -2.17. The van der Waals surface area contributed by atoms with Crippen molar-refractivity contribution in [1.82, 2.24) is 4.90 Å². The Kier molecular flexibility index (Phi) is 3.57. The molecule has 0 fully saturated rings. The highest BCUT2D eigenvalue weighted by Crippen LogP contribution is 2.36. The summed E-state index contributed by atoms with van der Waals surface area (Å²) in [6, 6.07) is 3.19. The van der Waals surface area contributed by atoms with Gasteiger partial charge in [-0.25, -0.2) is 0 Å². The van der Waals surface area contributed by atoms with Gasteiger partial charge in [0.1, 0.15) is 0 Å². The first-order chi connectivity index (χ1) is 8.63. The lowest BCUT2D eigenvalue weighted by atomic mass is 10.1. The molecule has 1 aliphatic heterocycles. The van der Waals surface area contributed by atoms with E-state index in [9.17, 15) is 4.79 Å². The van der Waals surface area contributed by atoms with Gasteiger partial charge in [0.2, 0.25) is 6.79 Å². The smallest absolute Gasteiger partial charge is 0.255 e.